The van der Waals surface area contributed by atoms with Gasteiger partial charge >= 0.3 is 0 Å². The molecule has 0 atom stereocenters. The van der Waals surface area contributed by atoms with Crippen LogP contribution in [0.1, 0.15) is 0 Å². The molecule has 2 aromatic heterocycles. The van der Waals surface area contributed by atoms with Crippen LogP contribution >= 0.6 is 11.6 Å². The van der Waals surface area contributed by atoms with E-state index in [4.69, 9.17) is 16.3 Å². The van der Waals surface area contributed by atoms with Crippen molar-refractivity contribution < 1.29 is 4.74 Å². The summed E-state index contributed by atoms with van der Waals surface area (Å²) in [6, 6.07) is 9.37. The molecule has 0 bridgehead atoms. The normalized spacial score (nSPS) is 10.5. The predicted molar refractivity (Wildman–Crippen MR) is 78.4 cm³/mol. The van der Waals surface area contributed by atoms with Crippen molar-refractivity contribution in [1.29, 1.82) is 0 Å². The lowest BCUT2D eigenvalue weighted by Gasteiger charge is -2.06. The Morgan fingerprint density at radius 1 is 1.20 bits per heavy atom. The third-order valence-electron chi connectivity index (χ3n) is 2.97. The number of pyridine rings is 1. The van der Waals surface area contributed by atoms with Gasteiger partial charge in [0.25, 0.3) is 0 Å². The molecule has 0 amide bonds. The summed E-state index contributed by atoms with van der Waals surface area (Å²) in [6.07, 6.45) is 7.22. The molecule has 0 N–H and O–H groups in total. The third-order valence-corrected chi connectivity index (χ3v) is 3.20. The highest BCUT2D eigenvalue weighted by Crippen LogP contribution is 2.32. The van der Waals surface area contributed by atoms with Gasteiger partial charge in [0.2, 0.25) is 0 Å². The summed E-state index contributed by atoms with van der Waals surface area (Å²) in [6.45, 7) is 0. The monoisotopic (exact) mass is 285 g/mol. The second kappa shape index (κ2) is 5.35. The Labute approximate surface area is 121 Å². The lowest BCUT2D eigenvalue weighted by Crippen LogP contribution is -1.93. The zero-order valence-electron chi connectivity index (χ0n) is 10.8. The van der Waals surface area contributed by atoms with Gasteiger partial charge in [0.05, 0.1) is 25.2 Å². The van der Waals surface area contributed by atoms with E-state index in [0.717, 1.165) is 22.6 Å². The van der Waals surface area contributed by atoms with Gasteiger partial charge in [-0.3, -0.25) is 4.98 Å². The van der Waals surface area contributed by atoms with Crippen molar-refractivity contribution in [1.82, 2.24) is 14.8 Å². The molecule has 4 nitrogen and oxygen atoms in total. The maximum atomic E-state index is 5.98. The number of nitrogens with zero attached hydrogens (tertiary/aromatic N) is 3. The molecular weight excluding hydrogens is 274 g/mol. The van der Waals surface area contributed by atoms with Gasteiger partial charge in [0.1, 0.15) is 5.75 Å². The summed E-state index contributed by atoms with van der Waals surface area (Å²) in [5.74, 6) is 0.725. The molecule has 3 rings (SSSR count). The molecule has 0 unspecified atom stereocenters. The lowest BCUT2D eigenvalue weighted by molar-refractivity contribution is 0.416. The first-order valence-corrected chi connectivity index (χ1v) is 6.45. The number of methoxy groups -OCH3 is 1. The second-order valence-corrected chi connectivity index (χ2v) is 4.67. The van der Waals surface area contributed by atoms with Gasteiger partial charge in [-0.25, -0.2) is 4.68 Å². The molecule has 0 saturated heterocycles. The molecule has 0 spiro atoms. The molecule has 100 valence electrons. The van der Waals surface area contributed by atoms with Crippen LogP contribution in [0.2, 0.25) is 5.02 Å². The van der Waals surface area contributed by atoms with Crippen molar-refractivity contribution in [2.45, 2.75) is 0 Å². The standard InChI is InChI=1S/C15H12ClN3O/c1-20-15-7-12(16)4-5-14(15)11-8-18-19(10-11)13-3-2-6-17-9-13/h2-10H,1H3. The average molecular weight is 286 g/mol. The van der Waals surface area contributed by atoms with Crippen molar-refractivity contribution in [2.24, 2.45) is 0 Å². The number of hydrogen-bond acceptors (Lipinski definition) is 3. The van der Waals surface area contributed by atoms with Crippen LogP contribution in [0, 0.1) is 0 Å². The molecule has 5 heteroatoms. The van der Waals surface area contributed by atoms with Gasteiger partial charge < -0.3 is 4.74 Å². The molecule has 1 aromatic carbocycles. The van der Waals surface area contributed by atoms with Gasteiger partial charge in [-0.15, -0.1) is 0 Å². The van der Waals surface area contributed by atoms with E-state index in [1.165, 1.54) is 0 Å². The van der Waals surface area contributed by atoms with Gasteiger partial charge in [0.15, 0.2) is 0 Å². The van der Waals surface area contributed by atoms with Gasteiger partial charge in [-0.1, -0.05) is 11.6 Å². The summed E-state index contributed by atoms with van der Waals surface area (Å²) in [5, 5.41) is 4.99. The quantitative estimate of drug-likeness (QED) is 0.738. The smallest absolute Gasteiger partial charge is 0.128 e. The Balaban J connectivity index is 2.02. The van der Waals surface area contributed by atoms with Crippen molar-refractivity contribution in [3.8, 4) is 22.6 Å². The molecule has 0 fully saturated rings. The molecule has 2 heterocycles. The average Bonchev–Trinajstić information content (AvgIpc) is 2.97. The second-order valence-electron chi connectivity index (χ2n) is 4.23. The Bertz CT molecular complexity index is 725. The number of halogens is 1. The maximum absolute atomic E-state index is 5.98. The molecular formula is C15H12ClN3O. The van der Waals surface area contributed by atoms with Crippen LogP contribution in [0.3, 0.4) is 0 Å². The predicted octanol–water partition coefficient (Wildman–Crippen LogP) is 3.60. The SMILES string of the molecule is COc1cc(Cl)ccc1-c1cnn(-c2cccnc2)c1. The number of rotatable bonds is 3. The highest BCUT2D eigenvalue weighted by Gasteiger charge is 2.09. The van der Waals surface area contributed by atoms with Gasteiger partial charge in [-0.2, -0.15) is 5.10 Å². The van der Waals surface area contributed by atoms with Crippen LogP contribution < -0.4 is 4.74 Å². The number of aromatic nitrogens is 3. The topological polar surface area (TPSA) is 39.9 Å². The summed E-state index contributed by atoms with van der Waals surface area (Å²) in [7, 11) is 1.63. The summed E-state index contributed by atoms with van der Waals surface area (Å²) in [5.41, 5.74) is 2.82. The highest BCUT2D eigenvalue weighted by molar-refractivity contribution is 6.30. The van der Waals surface area contributed by atoms with E-state index in [1.54, 1.807) is 36.4 Å². The van der Waals surface area contributed by atoms with Crippen LogP contribution in [0.4, 0.5) is 0 Å². The minimum Gasteiger partial charge on any atom is -0.496 e. The fraction of sp³-hybridized carbons (Fsp3) is 0.0667. The number of benzene rings is 1. The highest BCUT2D eigenvalue weighted by atomic mass is 35.5. The summed E-state index contributed by atoms with van der Waals surface area (Å²) >= 11 is 5.98. The fourth-order valence-corrected chi connectivity index (χ4v) is 2.16. The van der Waals surface area contributed by atoms with Crippen molar-refractivity contribution >= 4 is 11.6 Å². The zero-order chi connectivity index (χ0) is 13.9. The van der Waals surface area contributed by atoms with Crippen molar-refractivity contribution in [2.75, 3.05) is 7.11 Å². The first kappa shape index (κ1) is 12.7. The van der Waals surface area contributed by atoms with Crippen molar-refractivity contribution in [3.05, 3.63) is 60.1 Å². The van der Waals surface area contributed by atoms with Crippen LogP contribution in [-0.2, 0) is 0 Å². The Morgan fingerprint density at radius 2 is 2.10 bits per heavy atom. The molecule has 0 saturated carbocycles. The van der Waals surface area contributed by atoms with Crippen molar-refractivity contribution in [3.63, 3.8) is 0 Å². The lowest BCUT2D eigenvalue weighted by atomic mass is 10.1. The van der Waals surface area contributed by atoms with E-state index < -0.39 is 0 Å². The number of ether oxygens (including phenoxy) is 1. The maximum Gasteiger partial charge on any atom is 0.128 e. The molecule has 0 aliphatic heterocycles. The first-order chi connectivity index (χ1) is 9.78. The Morgan fingerprint density at radius 3 is 2.85 bits per heavy atom. The van der Waals surface area contributed by atoms with Gasteiger partial charge in [-0.05, 0) is 30.3 Å². The van der Waals surface area contributed by atoms with E-state index in [2.05, 4.69) is 10.1 Å². The first-order valence-electron chi connectivity index (χ1n) is 6.07. The number of hydrogen-bond donors (Lipinski definition) is 0. The minimum atomic E-state index is 0.644. The van der Waals surface area contributed by atoms with E-state index in [1.807, 2.05) is 30.5 Å². The van der Waals surface area contributed by atoms with E-state index in [-0.39, 0.29) is 0 Å². The van der Waals surface area contributed by atoms with Crippen LogP contribution in [0.5, 0.6) is 5.75 Å². The molecule has 0 radical (unpaired) electrons. The van der Waals surface area contributed by atoms with E-state index in [9.17, 15) is 0 Å². The fourth-order valence-electron chi connectivity index (χ4n) is 2.00. The minimum absolute atomic E-state index is 0.644. The van der Waals surface area contributed by atoms with Gasteiger partial charge in [0, 0.05) is 28.5 Å². The van der Waals surface area contributed by atoms with E-state index >= 15 is 0 Å². The van der Waals surface area contributed by atoms with Crippen LogP contribution in [0.15, 0.2) is 55.1 Å². The zero-order valence-corrected chi connectivity index (χ0v) is 11.6. The van der Waals surface area contributed by atoms with Crippen LogP contribution in [0.25, 0.3) is 16.8 Å². The summed E-state index contributed by atoms with van der Waals surface area (Å²) < 4.78 is 7.14. The van der Waals surface area contributed by atoms with E-state index in [0.29, 0.717) is 5.02 Å². The summed E-state index contributed by atoms with van der Waals surface area (Å²) in [4.78, 5) is 4.09. The molecule has 0 aliphatic carbocycles. The molecule has 3 aromatic rings. The third kappa shape index (κ3) is 2.38. The van der Waals surface area contributed by atoms with Crippen LogP contribution in [-0.4, -0.2) is 21.9 Å². The Hall–Kier alpha value is -2.33. The largest absolute Gasteiger partial charge is 0.496 e. The Kier molecular flexibility index (Phi) is 3.39. The molecule has 20 heavy (non-hydrogen) atoms. The molecule has 0 aliphatic rings.